The third-order valence-corrected chi connectivity index (χ3v) is 5.54. The highest BCUT2D eigenvalue weighted by Crippen LogP contribution is 2.22. The summed E-state index contributed by atoms with van der Waals surface area (Å²) in [6, 6.07) is 6.62. The van der Waals surface area contributed by atoms with Crippen LogP contribution in [0, 0.1) is 0 Å². The van der Waals surface area contributed by atoms with E-state index in [2.05, 4.69) is 5.32 Å². The Morgan fingerprint density at radius 2 is 1.81 bits per heavy atom. The number of anilines is 2. The molecule has 1 aromatic rings. The quantitative estimate of drug-likeness (QED) is 0.818. The lowest BCUT2D eigenvalue weighted by Gasteiger charge is -2.25. The van der Waals surface area contributed by atoms with Crippen molar-refractivity contribution in [3.05, 3.63) is 24.3 Å². The topological polar surface area (TPSA) is 86.8 Å². The van der Waals surface area contributed by atoms with Crippen molar-refractivity contribution in [3.8, 4) is 0 Å². The standard InChI is InChI=1S/C18H27N3O4S/c1-15(22)19-16-8-7-9-17(14-16)21(26(2,24)25)13-10-18(23)20-11-5-3-4-6-12-20/h7-9,14H,3-6,10-13H2,1-2H3,(H,19,22). The fourth-order valence-electron chi connectivity index (χ4n) is 3.10. The molecule has 0 radical (unpaired) electrons. The van der Waals surface area contributed by atoms with E-state index in [1.807, 2.05) is 4.90 Å². The summed E-state index contributed by atoms with van der Waals surface area (Å²) in [6.45, 7) is 2.96. The highest BCUT2D eigenvalue weighted by atomic mass is 32.2. The summed E-state index contributed by atoms with van der Waals surface area (Å²) in [4.78, 5) is 25.5. The lowest BCUT2D eigenvalue weighted by atomic mass is 10.2. The molecule has 7 nitrogen and oxygen atoms in total. The summed E-state index contributed by atoms with van der Waals surface area (Å²) in [5, 5.41) is 2.64. The Kier molecular flexibility index (Phi) is 7.02. The average Bonchev–Trinajstić information content (AvgIpc) is 2.82. The molecule has 1 saturated heterocycles. The minimum Gasteiger partial charge on any atom is -0.343 e. The average molecular weight is 381 g/mol. The van der Waals surface area contributed by atoms with Gasteiger partial charge in [-0.05, 0) is 31.0 Å². The lowest BCUT2D eigenvalue weighted by Crippen LogP contribution is -2.37. The van der Waals surface area contributed by atoms with Crippen molar-refractivity contribution in [1.82, 2.24) is 4.90 Å². The minimum atomic E-state index is -3.55. The molecular weight excluding hydrogens is 354 g/mol. The van der Waals surface area contributed by atoms with Gasteiger partial charge in [-0.25, -0.2) is 8.42 Å². The van der Waals surface area contributed by atoms with Crippen molar-refractivity contribution in [2.75, 3.05) is 35.5 Å². The van der Waals surface area contributed by atoms with Crippen LogP contribution in [0.4, 0.5) is 11.4 Å². The summed E-state index contributed by atoms with van der Waals surface area (Å²) in [7, 11) is -3.55. The molecule has 1 heterocycles. The van der Waals surface area contributed by atoms with Crippen molar-refractivity contribution >= 4 is 33.2 Å². The fourth-order valence-corrected chi connectivity index (χ4v) is 4.02. The highest BCUT2D eigenvalue weighted by molar-refractivity contribution is 7.92. The van der Waals surface area contributed by atoms with Gasteiger partial charge in [0.2, 0.25) is 21.8 Å². The Morgan fingerprint density at radius 1 is 1.15 bits per heavy atom. The zero-order chi connectivity index (χ0) is 19.2. The van der Waals surface area contributed by atoms with Crippen molar-refractivity contribution < 1.29 is 18.0 Å². The molecule has 0 bridgehead atoms. The molecule has 0 unspecified atom stereocenters. The first-order chi connectivity index (χ1) is 12.3. The number of amides is 2. The van der Waals surface area contributed by atoms with Crippen LogP contribution in [0.1, 0.15) is 39.0 Å². The van der Waals surface area contributed by atoms with Crippen LogP contribution in [-0.4, -0.2) is 51.0 Å². The number of hydrogen-bond donors (Lipinski definition) is 1. The van der Waals surface area contributed by atoms with E-state index in [4.69, 9.17) is 0 Å². The Bertz CT molecular complexity index is 741. The van der Waals surface area contributed by atoms with E-state index in [1.54, 1.807) is 24.3 Å². The second-order valence-electron chi connectivity index (χ2n) is 6.61. The monoisotopic (exact) mass is 381 g/mol. The number of hydrogen-bond acceptors (Lipinski definition) is 4. The van der Waals surface area contributed by atoms with Gasteiger partial charge in [0.1, 0.15) is 0 Å². The van der Waals surface area contributed by atoms with Crippen LogP contribution in [-0.2, 0) is 19.6 Å². The first-order valence-corrected chi connectivity index (χ1v) is 10.8. The smallest absolute Gasteiger partial charge is 0.232 e. The van der Waals surface area contributed by atoms with Gasteiger partial charge in [0.05, 0.1) is 11.9 Å². The Balaban J connectivity index is 2.10. The molecule has 1 N–H and O–H groups in total. The second-order valence-corrected chi connectivity index (χ2v) is 8.52. The Hall–Kier alpha value is -2.09. The summed E-state index contributed by atoms with van der Waals surface area (Å²) < 4.78 is 25.7. The largest absolute Gasteiger partial charge is 0.343 e. The van der Waals surface area contributed by atoms with E-state index in [9.17, 15) is 18.0 Å². The van der Waals surface area contributed by atoms with E-state index in [1.165, 1.54) is 11.2 Å². The van der Waals surface area contributed by atoms with E-state index in [0.29, 0.717) is 11.4 Å². The molecule has 0 atom stereocenters. The number of nitrogens with zero attached hydrogens (tertiary/aromatic N) is 2. The van der Waals surface area contributed by atoms with Gasteiger partial charge >= 0.3 is 0 Å². The first-order valence-electron chi connectivity index (χ1n) is 8.90. The number of carbonyl (C=O) groups is 2. The molecule has 8 heteroatoms. The molecule has 1 aromatic carbocycles. The molecule has 1 aliphatic rings. The normalized spacial score (nSPS) is 15.2. The zero-order valence-electron chi connectivity index (χ0n) is 15.4. The fraction of sp³-hybridized carbons (Fsp3) is 0.556. The van der Waals surface area contributed by atoms with E-state index >= 15 is 0 Å². The molecular formula is C18H27N3O4S. The number of benzene rings is 1. The molecule has 1 fully saturated rings. The van der Waals surface area contributed by atoms with Gasteiger partial charge in [0.15, 0.2) is 0 Å². The summed E-state index contributed by atoms with van der Waals surface area (Å²) in [5.74, 6) is -0.247. The predicted molar refractivity (Wildman–Crippen MR) is 103 cm³/mol. The highest BCUT2D eigenvalue weighted by Gasteiger charge is 2.21. The van der Waals surface area contributed by atoms with Gasteiger partial charge in [-0.15, -0.1) is 0 Å². The molecule has 0 aliphatic carbocycles. The lowest BCUT2D eigenvalue weighted by molar-refractivity contribution is -0.130. The zero-order valence-corrected chi connectivity index (χ0v) is 16.2. The number of nitrogens with one attached hydrogen (secondary N) is 1. The van der Waals surface area contributed by atoms with Crippen molar-refractivity contribution in [2.45, 2.75) is 39.0 Å². The van der Waals surface area contributed by atoms with Crippen LogP contribution in [0.5, 0.6) is 0 Å². The van der Waals surface area contributed by atoms with E-state index in [-0.39, 0.29) is 24.8 Å². The van der Waals surface area contributed by atoms with Gasteiger partial charge in [-0.2, -0.15) is 0 Å². The van der Waals surface area contributed by atoms with Crippen LogP contribution in [0.2, 0.25) is 0 Å². The predicted octanol–water partition coefficient (Wildman–Crippen LogP) is 2.20. The van der Waals surface area contributed by atoms with Crippen LogP contribution in [0.15, 0.2) is 24.3 Å². The summed E-state index contributed by atoms with van der Waals surface area (Å²) in [6.07, 6.45) is 5.52. The van der Waals surface area contributed by atoms with Crippen LogP contribution in [0.3, 0.4) is 0 Å². The molecule has 0 aromatic heterocycles. The van der Waals surface area contributed by atoms with Gasteiger partial charge in [-0.3, -0.25) is 13.9 Å². The van der Waals surface area contributed by atoms with Gasteiger partial charge in [-0.1, -0.05) is 18.9 Å². The van der Waals surface area contributed by atoms with Crippen molar-refractivity contribution in [2.24, 2.45) is 0 Å². The van der Waals surface area contributed by atoms with Gasteiger partial charge in [0, 0.05) is 38.7 Å². The van der Waals surface area contributed by atoms with Crippen molar-refractivity contribution in [1.29, 1.82) is 0 Å². The first kappa shape index (κ1) is 20.2. The Morgan fingerprint density at radius 3 is 2.38 bits per heavy atom. The molecule has 1 aliphatic heterocycles. The molecule has 144 valence electrons. The summed E-state index contributed by atoms with van der Waals surface area (Å²) >= 11 is 0. The number of rotatable bonds is 6. The summed E-state index contributed by atoms with van der Waals surface area (Å²) in [5.41, 5.74) is 0.949. The third kappa shape index (κ3) is 6.01. The number of sulfonamides is 1. The maximum Gasteiger partial charge on any atom is 0.232 e. The number of carbonyl (C=O) groups excluding carboxylic acids is 2. The Labute approximate surface area is 155 Å². The maximum atomic E-state index is 12.5. The molecule has 0 spiro atoms. The molecule has 26 heavy (non-hydrogen) atoms. The molecule has 2 rings (SSSR count). The maximum absolute atomic E-state index is 12.5. The van der Waals surface area contributed by atoms with Gasteiger partial charge < -0.3 is 10.2 Å². The van der Waals surface area contributed by atoms with Crippen LogP contribution >= 0.6 is 0 Å². The minimum absolute atomic E-state index is 0.0152. The number of likely N-dealkylation sites (tertiary alicyclic amines) is 1. The SMILES string of the molecule is CC(=O)Nc1cccc(N(CCC(=O)N2CCCCCC2)S(C)(=O)=O)c1. The molecule has 0 saturated carbocycles. The third-order valence-electron chi connectivity index (χ3n) is 4.34. The van der Waals surface area contributed by atoms with Crippen LogP contribution in [0.25, 0.3) is 0 Å². The second kappa shape index (κ2) is 9.02. The van der Waals surface area contributed by atoms with Gasteiger partial charge in [0.25, 0.3) is 0 Å². The van der Waals surface area contributed by atoms with E-state index in [0.717, 1.165) is 45.0 Å². The van der Waals surface area contributed by atoms with Crippen molar-refractivity contribution in [3.63, 3.8) is 0 Å². The van der Waals surface area contributed by atoms with E-state index < -0.39 is 10.0 Å². The van der Waals surface area contributed by atoms with Crippen LogP contribution < -0.4 is 9.62 Å². The molecule has 2 amide bonds.